The minimum atomic E-state index is -4.39. The molecular formula is C59H104NO8P. The molecule has 69 heavy (non-hydrogen) atoms. The van der Waals surface area contributed by atoms with Crippen molar-refractivity contribution in [1.82, 2.24) is 0 Å². The maximum atomic E-state index is 12.7. The van der Waals surface area contributed by atoms with E-state index < -0.39 is 26.5 Å². The summed E-state index contributed by atoms with van der Waals surface area (Å²) in [5.41, 5.74) is 5.38. The molecule has 0 aromatic heterocycles. The van der Waals surface area contributed by atoms with Gasteiger partial charge in [-0.1, -0.05) is 247 Å². The zero-order chi connectivity index (χ0) is 50.2. The van der Waals surface area contributed by atoms with E-state index in [9.17, 15) is 19.0 Å². The number of carbonyl (C=O) groups is 2. The number of phosphoric ester groups is 1. The fourth-order valence-corrected chi connectivity index (χ4v) is 8.44. The first kappa shape index (κ1) is 66.2. The van der Waals surface area contributed by atoms with Crippen LogP contribution in [0.4, 0.5) is 0 Å². The number of unbranched alkanes of at least 4 members (excludes halogenated alkanes) is 25. The lowest BCUT2D eigenvalue weighted by atomic mass is 10.0. The van der Waals surface area contributed by atoms with Crippen LogP contribution in [-0.2, 0) is 32.7 Å². The molecule has 0 aromatic carbocycles. The highest BCUT2D eigenvalue weighted by Crippen LogP contribution is 2.43. The number of ether oxygens (including phenoxy) is 2. The summed E-state index contributed by atoms with van der Waals surface area (Å²) in [5.74, 6) is -0.837. The molecule has 10 heteroatoms. The molecule has 398 valence electrons. The van der Waals surface area contributed by atoms with E-state index in [-0.39, 0.29) is 38.6 Å². The van der Waals surface area contributed by atoms with Crippen LogP contribution in [-0.4, -0.2) is 49.3 Å². The van der Waals surface area contributed by atoms with Crippen LogP contribution >= 0.6 is 7.82 Å². The van der Waals surface area contributed by atoms with Gasteiger partial charge in [-0.25, -0.2) is 4.57 Å². The Morgan fingerprint density at radius 3 is 1.19 bits per heavy atom. The van der Waals surface area contributed by atoms with Gasteiger partial charge < -0.3 is 20.1 Å². The molecule has 2 atom stereocenters. The van der Waals surface area contributed by atoms with E-state index >= 15 is 0 Å². The third kappa shape index (κ3) is 54.4. The summed E-state index contributed by atoms with van der Waals surface area (Å²) < 4.78 is 33.0. The molecule has 0 aliphatic carbocycles. The van der Waals surface area contributed by atoms with Crippen molar-refractivity contribution in [1.29, 1.82) is 0 Å². The number of hydrogen-bond donors (Lipinski definition) is 2. The summed E-state index contributed by atoms with van der Waals surface area (Å²) in [6.07, 6.45) is 70.5. The lowest BCUT2D eigenvalue weighted by molar-refractivity contribution is -0.161. The molecule has 0 radical (unpaired) electrons. The zero-order valence-electron chi connectivity index (χ0n) is 44.3. The van der Waals surface area contributed by atoms with Crippen molar-refractivity contribution in [2.45, 2.75) is 251 Å². The van der Waals surface area contributed by atoms with Crippen molar-refractivity contribution < 1.29 is 37.6 Å². The number of rotatable bonds is 52. The van der Waals surface area contributed by atoms with E-state index in [4.69, 9.17) is 24.3 Å². The van der Waals surface area contributed by atoms with Crippen LogP contribution < -0.4 is 5.73 Å². The SMILES string of the molecule is CC/C=C\C/C=C\C/C=C\C/C=C\C/C=C\C/C=C\C/C=C\CCCCCCCCCC(=O)OC(COC(=O)CCCCCCCCCCCCCCCCCCCCC)COP(=O)(O)OCCN. The topological polar surface area (TPSA) is 134 Å². The van der Waals surface area contributed by atoms with Gasteiger partial charge >= 0.3 is 19.8 Å². The van der Waals surface area contributed by atoms with Gasteiger partial charge in [-0.05, 0) is 70.6 Å². The molecule has 0 bridgehead atoms. The fourth-order valence-electron chi connectivity index (χ4n) is 7.68. The monoisotopic (exact) mass is 986 g/mol. The normalized spacial score (nSPS) is 13.7. The maximum absolute atomic E-state index is 12.7. The molecule has 0 aliphatic heterocycles. The minimum absolute atomic E-state index is 0.0487. The van der Waals surface area contributed by atoms with Crippen molar-refractivity contribution in [2.24, 2.45) is 5.73 Å². The molecule has 0 heterocycles. The number of hydrogen-bond acceptors (Lipinski definition) is 8. The molecule has 9 nitrogen and oxygen atoms in total. The standard InChI is InChI=1S/C59H104NO8P/c1-3-5-7-9-11-13-15-17-19-21-23-24-25-26-27-28-29-30-31-32-34-36-38-40-42-44-46-48-50-52-59(62)68-57(56-67-69(63,64)66-54-53-60)55-65-58(61)51-49-47-45-43-41-39-37-35-33-22-20-18-16-14-12-10-8-6-4-2/h5,7,11,13,17,19,23-24,26-27,29-30,32,34,57H,3-4,6,8-10,12,14-16,18,20-22,25,28,31,33,35-56,60H2,1-2H3,(H,63,64)/b7-5-,13-11-,19-17-,24-23-,27-26-,30-29-,34-32-. The van der Waals surface area contributed by atoms with Gasteiger partial charge in [-0.3, -0.25) is 18.6 Å². The lowest BCUT2D eigenvalue weighted by Crippen LogP contribution is -2.29. The van der Waals surface area contributed by atoms with Gasteiger partial charge in [0.2, 0.25) is 0 Å². The van der Waals surface area contributed by atoms with Crippen molar-refractivity contribution in [2.75, 3.05) is 26.4 Å². The summed E-state index contributed by atoms with van der Waals surface area (Å²) in [5, 5.41) is 0. The van der Waals surface area contributed by atoms with Crippen molar-refractivity contribution in [3.63, 3.8) is 0 Å². The van der Waals surface area contributed by atoms with E-state index in [0.717, 1.165) is 89.9 Å². The zero-order valence-corrected chi connectivity index (χ0v) is 45.2. The highest BCUT2D eigenvalue weighted by atomic mass is 31.2. The van der Waals surface area contributed by atoms with E-state index in [1.807, 2.05) is 0 Å². The van der Waals surface area contributed by atoms with E-state index in [0.29, 0.717) is 6.42 Å². The third-order valence-electron chi connectivity index (χ3n) is 11.8. The molecule has 0 saturated carbocycles. The Kier molecular flexibility index (Phi) is 52.3. The molecule has 0 aliphatic rings. The summed E-state index contributed by atoms with van der Waals surface area (Å²) >= 11 is 0. The van der Waals surface area contributed by atoms with Crippen LogP contribution in [0.3, 0.4) is 0 Å². The van der Waals surface area contributed by atoms with Crippen LogP contribution in [0, 0.1) is 0 Å². The van der Waals surface area contributed by atoms with Gasteiger partial charge in [0.25, 0.3) is 0 Å². The fraction of sp³-hybridized carbons (Fsp3) is 0.729. The Hall–Kier alpha value is -2.81. The maximum Gasteiger partial charge on any atom is 0.472 e. The predicted octanol–water partition coefficient (Wildman–Crippen LogP) is 17.5. The van der Waals surface area contributed by atoms with E-state index in [1.165, 1.54) is 122 Å². The number of carbonyl (C=O) groups excluding carboxylic acids is 2. The average molecular weight is 986 g/mol. The first-order chi connectivity index (χ1) is 33.8. The second-order valence-electron chi connectivity index (χ2n) is 18.4. The van der Waals surface area contributed by atoms with Crippen molar-refractivity contribution in [3.8, 4) is 0 Å². The van der Waals surface area contributed by atoms with Crippen LogP contribution in [0.2, 0.25) is 0 Å². The van der Waals surface area contributed by atoms with Gasteiger partial charge in [-0.15, -0.1) is 0 Å². The second-order valence-corrected chi connectivity index (χ2v) is 19.9. The second kappa shape index (κ2) is 54.5. The first-order valence-electron chi connectivity index (χ1n) is 28.1. The smallest absolute Gasteiger partial charge is 0.462 e. The predicted molar refractivity (Wildman–Crippen MR) is 293 cm³/mol. The quantitative estimate of drug-likeness (QED) is 0.0264. The van der Waals surface area contributed by atoms with Crippen molar-refractivity contribution >= 4 is 19.8 Å². The van der Waals surface area contributed by atoms with Crippen LogP contribution in [0.15, 0.2) is 85.1 Å². The van der Waals surface area contributed by atoms with Crippen LogP contribution in [0.5, 0.6) is 0 Å². The van der Waals surface area contributed by atoms with Crippen molar-refractivity contribution in [3.05, 3.63) is 85.1 Å². The molecule has 0 spiro atoms. The van der Waals surface area contributed by atoms with Gasteiger partial charge in [0.05, 0.1) is 13.2 Å². The molecular weight excluding hydrogens is 882 g/mol. The summed E-state index contributed by atoms with van der Waals surface area (Å²) in [7, 11) is -4.39. The molecule has 0 aromatic rings. The number of esters is 2. The Morgan fingerprint density at radius 2 is 0.797 bits per heavy atom. The summed E-state index contributed by atoms with van der Waals surface area (Å²) in [4.78, 5) is 35.1. The van der Waals surface area contributed by atoms with E-state index in [1.54, 1.807) is 0 Å². The Balaban J connectivity index is 4.04. The third-order valence-corrected chi connectivity index (χ3v) is 12.8. The van der Waals surface area contributed by atoms with Gasteiger partial charge in [0.1, 0.15) is 6.61 Å². The molecule has 0 amide bonds. The largest absolute Gasteiger partial charge is 0.472 e. The Labute approximate surface area is 424 Å². The highest BCUT2D eigenvalue weighted by molar-refractivity contribution is 7.47. The van der Waals surface area contributed by atoms with Gasteiger partial charge in [0, 0.05) is 19.4 Å². The molecule has 0 fully saturated rings. The average Bonchev–Trinajstić information content (AvgIpc) is 3.34. The summed E-state index contributed by atoms with van der Waals surface area (Å²) in [6, 6.07) is 0. The van der Waals surface area contributed by atoms with Gasteiger partial charge in [0.15, 0.2) is 6.10 Å². The minimum Gasteiger partial charge on any atom is -0.462 e. The first-order valence-corrected chi connectivity index (χ1v) is 29.6. The number of allylic oxidation sites excluding steroid dienone is 14. The Bertz CT molecular complexity index is 1400. The van der Waals surface area contributed by atoms with E-state index in [2.05, 4.69) is 98.9 Å². The molecule has 0 rings (SSSR count). The number of phosphoric acid groups is 1. The molecule has 3 N–H and O–H groups in total. The summed E-state index contributed by atoms with van der Waals surface area (Å²) in [6.45, 7) is 3.63. The lowest BCUT2D eigenvalue weighted by Gasteiger charge is -2.19. The van der Waals surface area contributed by atoms with Crippen LogP contribution in [0.25, 0.3) is 0 Å². The number of nitrogens with two attached hydrogens (primary N) is 1. The highest BCUT2D eigenvalue weighted by Gasteiger charge is 2.26. The Morgan fingerprint density at radius 1 is 0.449 bits per heavy atom. The van der Waals surface area contributed by atoms with Crippen LogP contribution in [0.1, 0.15) is 245 Å². The molecule has 0 saturated heterocycles. The van der Waals surface area contributed by atoms with Gasteiger partial charge in [-0.2, -0.15) is 0 Å². The molecule has 2 unspecified atom stereocenters.